The zero-order valence-electron chi connectivity index (χ0n) is 19.7. The number of aliphatic carboxylic acids is 1. The number of carbonyl (C=O) groups excluding carboxylic acids is 4. The maximum atomic E-state index is 13.2. The molecule has 4 amide bonds. The Morgan fingerprint density at radius 3 is 2.44 bits per heavy atom. The molecule has 0 aliphatic carbocycles. The van der Waals surface area contributed by atoms with Gasteiger partial charge in [-0.15, -0.1) is 0 Å². The molecule has 2 unspecified atom stereocenters. The van der Waals surface area contributed by atoms with Gasteiger partial charge in [0, 0.05) is 44.3 Å². The molecule has 10 nitrogen and oxygen atoms in total. The first-order chi connectivity index (χ1) is 16.0. The predicted molar refractivity (Wildman–Crippen MR) is 122 cm³/mol. The maximum Gasteiger partial charge on any atom is 0.304 e. The SMILES string of the molecule is CC(C)(C)C1CN(c2ccc3c(c2)C(=O)N(C2CCC(=O)NC2=O)C3=O)CCN1CCC(=O)O. The molecule has 4 rings (SSSR count). The Balaban J connectivity index is 1.55. The first-order valence-corrected chi connectivity index (χ1v) is 11.5. The topological polar surface area (TPSA) is 127 Å². The zero-order chi connectivity index (χ0) is 24.8. The van der Waals surface area contributed by atoms with Crippen LogP contribution in [0.4, 0.5) is 5.69 Å². The van der Waals surface area contributed by atoms with Crippen LogP contribution in [0.15, 0.2) is 18.2 Å². The molecule has 3 aliphatic rings. The van der Waals surface area contributed by atoms with Crippen molar-refractivity contribution in [2.24, 2.45) is 5.41 Å². The number of hydrogen-bond donors (Lipinski definition) is 2. The van der Waals surface area contributed by atoms with E-state index in [4.69, 9.17) is 5.11 Å². The van der Waals surface area contributed by atoms with Gasteiger partial charge in [-0.3, -0.25) is 39.1 Å². The van der Waals surface area contributed by atoms with Crippen LogP contribution in [0.25, 0.3) is 0 Å². The highest BCUT2D eigenvalue weighted by Crippen LogP contribution is 2.34. The van der Waals surface area contributed by atoms with Gasteiger partial charge in [0.05, 0.1) is 17.5 Å². The van der Waals surface area contributed by atoms with Crippen molar-refractivity contribution in [2.45, 2.75) is 52.1 Å². The van der Waals surface area contributed by atoms with Gasteiger partial charge in [-0.05, 0) is 30.0 Å². The molecule has 2 atom stereocenters. The number of amides is 4. The second kappa shape index (κ2) is 8.83. The third-order valence-corrected chi connectivity index (χ3v) is 6.89. The summed E-state index contributed by atoms with van der Waals surface area (Å²) < 4.78 is 0. The van der Waals surface area contributed by atoms with E-state index in [1.54, 1.807) is 12.1 Å². The van der Waals surface area contributed by atoms with Crippen molar-refractivity contribution in [1.29, 1.82) is 0 Å². The van der Waals surface area contributed by atoms with Crippen LogP contribution in [-0.4, -0.2) is 82.8 Å². The minimum absolute atomic E-state index is 0.0788. The van der Waals surface area contributed by atoms with E-state index in [2.05, 4.69) is 35.9 Å². The van der Waals surface area contributed by atoms with Gasteiger partial charge in [0.1, 0.15) is 6.04 Å². The number of anilines is 1. The van der Waals surface area contributed by atoms with Gasteiger partial charge >= 0.3 is 5.97 Å². The number of carbonyl (C=O) groups is 5. The Morgan fingerprint density at radius 1 is 1.09 bits per heavy atom. The summed E-state index contributed by atoms with van der Waals surface area (Å²) in [5.74, 6) is -2.90. The van der Waals surface area contributed by atoms with Crippen LogP contribution in [0.1, 0.15) is 60.7 Å². The van der Waals surface area contributed by atoms with Crippen molar-refractivity contribution in [3.63, 3.8) is 0 Å². The first kappa shape index (κ1) is 23.9. The van der Waals surface area contributed by atoms with E-state index >= 15 is 0 Å². The Kier molecular flexibility index (Phi) is 6.20. The molecular formula is C24H30N4O6. The third kappa shape index (κ3) is 4.42. The van der Waals surface area contributed by atoms with Gasteiger partial charge in [0.25, 0.3) is 11.8 Å². The minimum Gasteiger partial charge on any atom is -0.481 e. The Bertz CT molecular complexity index is 1060. The molecule has 1 aromatic rings. The van der Waals surface area contributed by atoms with Gasteiger partial charge in [-0.2, -0.15) is 0 Å². The summed E-state index contributed by atoms with van der Waals surface area (Å²) in [7, 11) is 0. The summed E-state index contributed by atoms with van der Waals surface area (Å²) in [5, 5.41) is 11.3. The number of piperazine rings is 1. The van der Waals surface area contributed by atoms with E-state index in [-0.39, 0.29) is 41.8 Å². The molecule has 1 aromatic carbocycles. The van der Waals surface area contributed by atoms with Crippen LogP contribution in [0, 0.1) is 5.41 Å². The number of benzene rings is 1. The maximum absolute atomic E-state index is 13.2. The quantitative estimate of drug-likeness (QED) is 0.613. The van der Waals surface area contributed by atoms with Crippen molar-refractivity contribution >= 4 is 35.3 Å². The van der Waals surface area contributed by atoms with E-state index in [0.717, 1.165) is 10.6 Å². The summed E-state index contributed by atoms with van der Waals surface area (Å²) in [6.07, 6.45) is 0.280. The fourth-order valence-corrected chi connectivity index (χ4v) is 5.04. The van der Waals surface area contributed by atoms with Crippen molar-refractivity contribution in [1.82, 2.24) is 15.1 Å². The monoisotopic (exact) mass is 470 g/mol. The first-order valence-electron chi connectivity index (χ1n) is 11.5. The van der Waals surface area contributed by atoms with Crippen molar-refractivity contribution < 1.29 is 29.1 Å². The molecule has 2 N–H and O–H groups in total. The molecule has 0 bridgehead atoms. The summed E-state index contributed by atoms with van der Waals surface area (Å²) in [6.45, 7) is 8.84. The molecule has 2 saturated heterocycles. The highest BCUT2D eigenvalue weighted by Gasteiger charge is 2.45. The highest BCUT2D eigenvalue weighted by atomic mass is 16.4. The molecule has 0 aromatic heterocycles. The Hall–Kier alpha value is -3.27. The predicted octanol–water partition coefficient (Wildman–Crippen LogP) is 1.10. The molecule has 3 aliphatic heterocycles. The lowest BCUT2D eigenvalue weighted by Crippen LogP contribution is -2.58. The van der Waals surface area contributed by atoms with Crippen LogP contribution in [0.3, 0.4) is 0 Å². The van der Waals surface area contributed by atoms with Crippen LogP contribution in [-0.2, 0) is 14.4 Å². The average Bonchev–Trinajstić information content (AvgIpc) is 3.01. The summed E-state index contributed by atoms with van der Waals surface area (Å²) in [5.41, 5.74) is 1.22. The zero-order valence-corrected chi connectivity index (χ0v) is 19.7. The molecule has 0 radical (unpaired) electrons. The largest absolute Gasteiger partial charge is 0.481 e. The second-order valence-electron chi connectivity index (χ2n) is 10.2. The van der Waals surface area contributed by atoms with E-state index in [1.807, 2.05) is 6.07 Å². The number of fused-ring (bicyclic) bond motifs is 1. The van der Waals surface area contributed by atoms with Gasteiger partial charge in [0.2, 0.25) is 11.8 Å². The molecule has 0 spiro atoms. The van der Waals surface area contributed by atoms with E-state index in [9.17, 15) is 24.0 Å². The summed E-state index contributed by atoms with van der Waals surface area (Å²) in [4.78, 5) is 66.3. The number of rotatable bonds is 5. The van der Waals surface area contributed by atoms with Gasteiger partial charge in [0.15, 0.2) is 0 Å². The van der Waals surface area contributed by atoms with Crippen molar-refractivity contribution in [2.75, 3.05) is 31.1 Å². The number of piperidine rings is 1. The van der Waals surface area contributed by atoms with Crippen molar-refractivity contribution in [3.8, 4) is 0 Å². The van der Waals surface area contributed by atoms with Crippen LogP contribution in [0.5, 0.6) is 0 Å². The number of nitrogens with zero attached hydrogens (tertiary/aromatic N) is 3. The number of carboxylic acids is 1. The minimum atomic E-state index is -0.989. The molecule has 10 heteroatoms. The van der Waals surface area contributed by atoms with Crippen LogP contribution >= 0.6 is 0 Å². The molecule has 34 heavy (non-hydrogen) atoms. The third-order valence-electron chi connectivity index (χ3n) is 6.89. The number of nitrogens with one attached hydrogen (secondary N) is 1. The molecular weight excluding hydrogens is 440 g/mol. The fraction of sp³-hybridized carbons (Fsp3) is 0.542. The fourth-order valence-electron chi connectivity index (χ4n) is 5.04. The second-order valence-corrected chi connectivity index (χ2v) is 10.2. The van der Waals surface area contributed by atoms with Gasteiger partial charge < -0.3 is 10.0 Å². The van der Waals surface area contributed by atoms with E-state index in [1.165, 1.54) is 0 Å². The number of carboxylic acid groups (broad SMARTS) is 1. The lowest BCUT2D eigenvalue weighted by Gasteiger charge is -2.48. The normalized spacial score (nSPS) is 23.9. The van der Waals surface area contributed by atoms with Crippen LogP contribution in [0.2, 0.25) is 0 Å². The lowest BCUT2D eigenvalue weighted by molar-refractivity contribution is -0.138. The molecule has 3 heterocycles. The Labute approximate surface area is 197 Å². The van der Waals surface area contributed by atoms with Crippen LogP contribution < -0.4 is 10.2 Å². The van der Waals surface area contributed by atoms with Crippen molar-refractivity contribution in [3.05, 3.63) is 29.3 Å². The highest BCUT2D eigenvalue weighted by molar-refractivity contribution is 6.23. The number of hydrogen-bond acceptors (Lipinski definition) is 7. The van der Waals surface area contributed by atoms with E-state index in [0.29, 0.717) is 26.2 Å². The van der Waals surface area contributed by atoms with Gasteiger partial charge in [-0.25, -0.2) is 0 Å². The van der Waals surface area contributed by atoms with Gasteiger partial charge in [-0.1, -0.05) is 20.8 Å². The van der Waals surface area contributed by atoms with E-state index < -0.39 is 35.6 Å². The number of imide groups is 2. The molecule has 182 valence electrons. The molecule has 0 saturated carbocycles. The summed E-state index contributed by atoms with van der Waals surface area (Å²) in [6, 6.07) is 4.25. The standard InChI is InChI=1S/C24H30N4O6/c1-24(2,3)18-13-27(11-10-26(18)9-8-20(30)31)14-4-5-15-16(12-14)23(34)28(22(15)33)17-6-7-19(29)25-21(17)32/h4-5,12,17-18H,6-11,13H2,1-3H3,(H,30,31)(H,25,29,32). The summed E-state index contributed by atoms with van der Waals surface area (Å²) >= 11 is 0. The lowest BCUT2D eigenvalue weighted by atomic mass is 9.84. The average molecular weight is 471 g/mol. The Morgan fingerprint density at radius 2 is 1.79 bits per heavy atom. The molecule has 2 fully saturated rings. The smallest absolute Gasteiger partial charge is 0.304 e.